The second kappa shape index (κ2) is 8.52. The minimum absolute atomic E-state index is 0.315. The van der Waals surface area contributed by atoms with Crippen LogP contribution in [0, 0.1) is 0 Å². The first-order valence-electron chi connectivity index (χ1n) is 9.42. The van der Waals surface area contributed by atoms with Crippen molar-refractivity contribution in [2.75, 3.05) is 40.0 Å². The Bertz CT molecular complexity index is 856. The molecule has 1 unspecified atom stereocenters. The van der Waals surface area contributed by atoms with Gasteiger partial charge in [0.15, 0.2) is 0 Å². The molecular formula is C21H26N4O2. The highest BCUT2D eigenvalue weighted by Gasteiger charge is 2.22. The maximum Gasteiger partial charge on any atom is 0.118 e. The molecule has 6 nitrogen and oxygen atoms in total. The highest BCUT2D eigenvalue weighted by Crippen LogP contribution is 2.24. The average molecular weight is 366 g/mol. The van der Waals surface area contributed by atoms with E-state index in [0.29, 0.717) is 6.04 Å². The predicted molar refractivity (Wildman–Crippen MR) is 106 cm³/mol. The number of H-pyrrole nitrogens is 1. The highest BCUT2D eigenvalue weighted by atomic mass is 16.5. The van der Waals surface area contributed by atoms with E-state index in [1.54, 1.807) is 7.11 Å². The number of methoxy groups -OCH3 is 1. The second-order valence-electron chi connectivity index (χ2n) is 6.86. The summed E-state index contributed by atoms with van der Waals surface area (Å²) in [6, 6.07) is 15.1. The van der Waals surface area contributed by atoms with Gasteiger partial charge in [0.2, 0.25) is 0 Å². The molecule has 142 valence electrons. The number of aromatic nitrogens is 2. The van der Waals surface area contributed by atoms with Crippen LogP contribution in [-0.2, 0) is 11.3 Å². The topological polar surface area (TPSA) is 62.4 Å². The molecular weight excluding hydrogens is 340 g/mol. The van der Waals surface area contributed by atoms with Crippen LogP contribution in [0.5, 0.6) is 5.75 Å². The third-order valence-corrected chi connectivity index (χ3v) is 5.16. The Balaban J connectivity index is 1.44. The number of rotatable bonds is 7. The van der Waals surface area contributed by atoms with E-state index in [2.05, 4.69) is 50.7 Å². The van der Waals surface area contributed by atoms with Crippen LogP contribution in [0.3, 0.4) is 0 Å². The van der Waals surface area contributed by atoms with Crippen LogP contribution in [0.4, 0.5) is 0 Å². The van der Waals surface area contributed by atoms with Crippen LogP contribution in [-0.4, -0.2) is 55.1 Å². The minimum atomic E-state index is 0.315. The lowest BCUT2D eigenvalue weighted by molar-refractivity contribution is 0.0161. The highest BCUT2D eigenvalue weighted by molar-refractivity contribution is 5.78. The minimum Gasteiger partial charge on any atom is -0.497 e. The molecule has 1 fully saturated rings. The molecule has 2 aromatic carbocycles. The summed E-state index contributed by atoms with van der Waals surface area (Å²) in [6.07, 6.45) is 1.85. The fraction of sp³-hybridized carbons (Fsp3) is 0.381. The van der Waals surface area contributed by atoms with Crippen molar-refractivity contribution < 1.29 is 9.47 Å². The number of nitrogens with zero attached hydrogens (tertiary/aromatic N) is 2. The van der Waals surface area contributed by atoms with Crippen molar-refractivity contribution in [3.63, 3.8) is 0 Å². The molecule has 27 heavy (non-hydrogen) atoms. The molecule has 0 radical (unpaired) electrons. The lowest BCUT2D eigenvalue weighted by Crippen LogP contribution is -2.42. The molecule has 1 aliphatic heterocycles. The van der Waals surface area contributed by atoms with Crippen LogP contribution >= 0.6 is 0 Å². The Kier molecular flexibility index (Phi) is 5.67. The van der Waals surface area contributed by atoms with E-state index >= 15 is 0 Å². The maximum atomic E-state index is 5.54. The molecule has 0 amide bonds. The van der Waals surface area contributed by atoms with E-state index in [1.807, 2.05) is 18.3 Å². The predicted octanol–water partition coefficient (Wildman–Crippen LogP) is 2.73. The summed E-state index contributed by atoms with van der Waals surface area (Å²) in [5.74, 6) is 0.889. The van der Waals surface area contributed by atoms with Gasteiger partial charge < -0.3 is 14.8 Å². The summed E-state index contributed by atoms with van der Waals surface area (Å²) in [5, 5.41) is 11.9. The zero-order valence-corrected chi connectivity index (χ0v) is 15.6. The van der Waals surface area contributed by atoms with Crippen LogP contribution < -0.4 is 10.1 Å². The van der Waals surface area contributed by atoms with Crippen LogP contribution in [0.25, 0.3) is 10.9 Å². The SMILES string of the molecule is COc1ccc(C(CNCc2ccc3cn[nH]c3c2)N2CCOCC2)cc1. The van der Waals surface area contributed by atoms with E-state index < -0.39 is 0 Å². The quantitative estimate of drug-likeness (QED) is 0.673. The summed E-state index contributed by atoms with van der Waals surface area (Å²) >= 11 is 0. The fourth-order valence-electron chi connectivity index (χ4n) is 3.62. The molecule has 2 heterocycles. The first-order valence-corrected chi connectivity index (χ1v) is 9.42. The number of ether oxygens (including phenoxy) is 2. The van der Waals surface area contributed by atoms with E-state index in [4.69, 9.17) is 9.47 Å². The van der Waals surface area contributed by atoms with Crippen LogP contribution in [0.2, 0.25) is 0 Å². The van der Waals surface area contributed by atoms with Gasteiger partial charge in [0.05, 0.1) is 32.0 Å². The van der Waals surface area contributed by atoms with Gasteiger partial charge in [0.1, 0.15) is 5.75 Å². The fourth-order valence-corrected chi connectivity index (χ4v) is 3.62. The zero-order chi connectivity index (χ0) is 18.5. The van der Waals surface area contributed by atoms with Crippen molar-refractivity contribution in [1.82, 2.24) is 20.4 Å². The third-order valence-electron chi connectivity index (χ3n) is 5.16. The molecule has 0 saturated carbocycles. The summed E-state index contributed by atoms with van der Waals surface area (Å²) in [5.41, 5.74) is 3.63. The van der Waals surface area contributed by atoms with E-state index in [0.717, 1.165) is 56.0 Å². The van der Waals surface area contributed by atoms with Gasteiger partial charge in [-0.1, -0.05) is 24.3 Å². The maximum absolute atomic E-state index is 5.54. The van der Waals surface area contributed by atoms with Crippen molar-refractivity contribution >= 4 is 10.9 Å². The number of hydrogen-bond donors (Lipinski definition) is 2. The Morgan fingerprint density at radius 1 is 1.19 bits per heavy atom. The molecule has 0 spiro atoms. The number of benzene rings is 2. The van der Waals surface area contributed by atoms with E-state index in [-0.39, 0.29) is 0 Å². The lowest BCUT2D eigenvalue weighted by Gasteiger charge is -2.35. The molecule has 1 saturated heterocycles. The van der Waals surface area contributed by atoms with Crippen LogP contribution in [0.1, 0.15) is 17.2 Å². The monoisotopic (exact) mass is 366 g/mol. The number of morpholine rings is 1. The van der Waals surface area contributed by atoms with Crippen LogP contribution in [0.15, 0.2) is 48.7 Å². The summed E-state index contributed by atoms with van der Waals surface area (Å²) < 4.78 is 10.8. The van der Waals surface area contributed by atoms with Crippen molar-refractivity contribution in [3.8, 4) is 5.75 Å². The molecule has 0 aliphatic carbocycles. The lowest BCUT2D eigenvalue weighted by atomic mass is 10.0. The van der Waals surface area contributed by atoms with Gasteiger partial charge in [-0.2, -0.15) is 5.10 Å². The van der Waals surface area contributed by atoms with Crippen molar-refractivity contribution in [1.29, 1.82) is 0 Å². The first-order chi connectivity index (χ1) is 13.3. The summed E-state index contributed by atoms with van der Waals surface area (Å²) in [4.78, 5) is 2.50. The molecule has 0 bridgehead atoms. The Hall–Kier alpha value is -2.41. The summed E-state index contributed by atoms with van der Waals surface area (Å²) in [7, 11) is 1.70. The molecule has 1 atom stereocenters. The average Bonchev–Trinajstić information content (AvgIpc) is 3.20. The van der Waals surface area contributed by atoms with Gasteiger partial charge in [-0.15, -0.1) is 0 Å². The molecule has 4 rings (SSSR count). The summed E-state index contributed by atoms with van der Waals surface area (Å²) in [6.45, 7) is 5.21. The molecule has 1 aromatic heterocycles. The molecule has 6 heteroatoms. The van der Waals surface area contributed by atoms with Gasteiger partial charge in [-0.05, 0) is 29.3 Å². The van der Waals surface area contributed by atoms with Crippen molar-refractivity contribution in [2.24, 2.45) is 0 Å². The molecule has 1 aliphatic rings. The first kappa shape index (κ1) is 18.0. The Morgan fingerprint density at radius 2 is 2.00 bits per heavy atom. The van der Waals surface area contributed by atoms with E-state index in [9.17, 15) is 0 Å². The molecule has 2 N–H and O–H groups in total. The smallest absolute Gasteiger partial charge is 0.118 e. The molecule has 3 aromatic rings. The van der Waals surface area contributed by atoms with Crippen molar-refractivity contribution in [3.05, 3.63) is 59.8 Å². The van der Waals surface area contributed by atoms with E-state index in [1.165, 1.54) is 11.1 Å². The second-order valence-corrected chi connectivity index (χ2v) is 6.86. The Morgan fingerprint density at radius 3 is 2.78 bits per heavy atom. The Labute approximate surface area is 159 Å². The number of fused-ring (bicyclic) bond motifs is 1. The van der Waals surface area contributed by atoms with Gasteiger partial charge in [-0.25, -0.2) is 0 Å². The van der Waals surface area contributed by atoms with Gasteiger partial charge in [-0.3, -0.25) is 10.00 Å². The van der Waals surface area contributed by atoms with Gasteiger partial charge in [0, 0.05) is 37.6 Å². The van der Waals surface area contributed by atoms with Crippen molar-refractivity contribution in [2.45, 2.75) is 12.6 Å². The zero-order valence-electron chi connectivity index (χ0n) is 15.6. The number of nitrogens with one attached hydrogen (secondary N) is 2. The normalized spacial score (nSPS) is 16.5. The number of hydrogen-bond acceptors (Lipinski definition) is 5. The van der Waals surface area contributed by atoms with Gasteiger partial charge >= 0.3 is 0 Å². The third kappa shape index (κ3) is 4.30. The number of aromatic amines is 1. The largest absolute Gasteiger partial charge is 0.497 e. The standard InChI is InChI=1S/C21H26N4O2/c1-26-19-6-4-17(5-7-19)21(25-8-10-27-11-9-25)15-22-13-16-2-3-18-14-23-24-20(18)12-16/h2-7,12,14,21-22H,8-11,13,15H2,1H3,(H,23,24). The van der Waals surface area contributed by atoms with Gasteiger partial charge in [0.25, 0.3) is 0 Å².